The lowest BCUT2D eigenvalue weighted by Gasteiger charge is -2.10. The van der Waals surface area contributed by atoms with Gasteiger partial charge in [-0.15, -0.1) is 0 Å². The molecule has 0 radical (unpaired) electrons. The zero-order valence-corrected chi connectivity index (χ0v) is 14.8. The van der Waals surface area contributed by atoms with Gasteiger partial charge in [-0.2, -0.15) is 0 Å². The summed E-state index contributed by atoms with van der Waals surface area (Å²) in [6.45, 7) is 1.44. The number of methoxy groups -OCH3 is 1. The lowest BCUT2D eigenvalue weighted by atomic mass is 10.00. The average Bonchev–Trinajstić information content (AvgIpc) is 3.41. The molecule has 1 aromatic carbocycles. The first kappa shape index (κ1) is 16.8. The molecular formula is C21H22N2O3. The number of rotatable bonds is 7. The molecule has 1 N–H and O–H groups in total. The number of hydrogen-bond acceptors (Lipinski definition) is 3. The Bertz CT molecular complexity index is 957. The molecule has 26 heavy (non-hydrogen) atoms. The second-order valence-corrected chi connectivity index (χ2v) is 6.87. The van der Waals surface area contributed by atoms with Gasteiger partial charge < -0.3 is 14.4 Å². The lowest BCUT2D eigenvalue weighted by Crippen LogP contribution is -2.07. The molecule has 1 aliphatic rings. The van der Waals surface area contributed by atoms with Gasteiger partial charge in [0, 0.05) is 43.4 Å². The second kappa shape index (κ2) is 6.92. The Hall–Kier alpha value is -2.66. The number of carboxylic acid groups (broad SMARTS) is 1. The summed E-state index contributed by atoms with van der Waals surface area (Å²) in [6.07, 6.45) is 6.68. The first-order chi connectivity index (χ1) is 12.7. The minimum absolute atomic E-state index is 0.324. The van der Waals surface area contributed by atoms with Crippen LogP contribution in [0.5, 0.6) is 0 Å². The zero-order chi connectivity index (χ0) is 18.1. The quantitative estimate of drug-likeness (QED) is 0.703. The first-order valence-corrected chi connectivity index (χ1v) is 8.95. The van der Waals surface area contributed by atoms with Gasteiger partial charge in [-0.05, 0) is 48.1 Å². The maximum absolute atomic E-state index is 11.7. The number of pyridine rings is 1. The van der Waals surface area contributed by atoms with E-state index >= 15 is 0 Å². The van der Waals surface area contributed by atoms with Crippen molar-refractivity contribution in [2.75, 3.05) is 13.7 Å². The van der Waals surface area contributed by atoms with Crippen molar-refractivity contribution < 1.29 is 14.6 Å². The van der Waals surface area contributed by atoms with E-state index in [0.29, 0.717) is 30.2 Å². The van der Waals surface area contributed by atoms with Crippen LogP contribution in [0, 0.1) is 0 Å². The summed E-state index contributed by atoms with van der Waals surface area (Å²) in [5.74, 6) is -0.410. The number of benzene rings is 1. The van der Waals surface area contributed by atoms with Crippen LogP contribution in [-0.2, 0) is 17.7 Å². The van der Waals surface area contributed by atoms with Crippen molar-refractivity contribution in [3.05, 3.63) is 65.1 Å². The van der Waals surface area contributed by atoms with Gasteiger partial charge in [0.15, 0.2) is 0 Å². The highest BCUT2D eigenvalue weighted by Crippen LogP contribution is 2.40. The normalized spacial score (nSPS) is 14.0. The number of carboxylic acids is 1. The van der Waals surface area contributed by atoms with Crippen LogP contribution in [-0.4, -0.2) is 34.3 Å². The summed E-state index contributed by atoms with van der Waals surface area (Å²) in [6, 6.07) is 10.0. The van der Waals surface area contributed by atoms with Gasteiger partial charge >= 0.3 is 5.97 Å². The fourth-order valence-corrected chi connectivity index (χ4v) is 3.48. The zero-order valence-electron chi connectivity index (χ0n) is 14.8. The van der Waals surface area contributed by atoms with E-state index in [9.17, 15) is 9.90 Å². The van der Waals surface area contributed by atoms with E-state index in [1.807, 2.05) is 24.4 Å². The SMILES string of the molecule is COCCn1ccc2c(Cc3ncc(C4CC4)cc3C(=O)O)cccc21. The van der Waals surface area contributed by atoms with E-state index in [0.717, 1.165) is 41.4 Å². The van der Waals surface area contributed by atoms with E-state index in [4.69, 9.17) is 4.74 Å². The van der Waals surface area contributed by atoms with Crippen molar-refractivity contribution in [1.82, 2.24) is 9.55 Å². The van der Waals surface area contributed by atoms with Crippen LogP contribution in [0.25, 0.3) is 10.9 Å². The molecular weight excluding hydrogens is 328 g/mol. The van der Waals surface area contributed by atoms with Crippen LogP contribution in [0.15, 0.2) is 42.7 Å². The second-order valence-electron chi connectivity index (χ2n) is 6.87. The molecule has 3 aromatic rings. The van der Waals surface area contributed by atoms with E-state index in [-0.39, 0.29) is 0 Å². The molecule has 1 aliphatic carbocycles. The van der Waals surface area contributed by atoms with Crippen LogP contribution in [0.3, 0.4) is 0 Å². The Balaban J connectivity index is 1.69. The molecule has 1 saturated carbocycles. The maximum Gasteiger partial charge on any atom is 0.337 e. The van der Waals surface area contributed by atoms with Gasteiger partial charge in [-0.1, -0.05) is 12.1 Å². The number of ether oxygens (including phenoxy) is 1. The van der Waals surface area contributed by atoms with Gasteiger partial charge in [-0.3, -0.25) is 4.98 Å². The highest BCUT2D eigenvalue weighted by molar-refractivity contribution is 5.90. The monoisotopic (exact) mass is 350 g/mol. The van der Waals surface area contributed by atoms with Crippen LogP contribution >= 0.6 is 0 Å². The predicted molar refractivity (Wildman–Crippen MR) is 99.8 cm³/mol. The van der Waals surface area contributed by atoms with Crippen molar-refractivity contribution in [2.45, 2.75) is 31.7 Å². The van der Waals surface area contributed by atoms with Gasteiger partial charge in [0.1, 0.15) is 0 Å². The fraction of sp³-hybridized carbons (Fsp3) is 0.333. The summed E-state index contributed by atoms with van der Waals surface area (Å²) in [7, 11) is 1.70. The Kier molecular flexibility index (Phi) is 4.47. The Labute approximate surface area is 152 Å². The molecule has 0 amide bonds. The highest BCUT2D eigenvalue weighted by Gasteiger charge is 2.26. The molecule has 0 saturated heterocycles. The van der Waals surface area contributed by atoms with Crippen molar-refractivity contribution in [1.29, 1.82) is 0 Å². The smallest absolute Gasteiger partial charge is 0.337 e. The largest absolute Gasteiger partial charge is 0.478 e. The van der Waals surface area contributed by atoms with Crippen molar-refractivity contribution >= 4 is 16.9 Å². The van der Waals surface area contributed by atoms with E-state index in [1.165, 1.54) is 0 Å². The van der Waals surface area contributed by atoms with E-state index in [2.05, 4.69) is 27.9 Å². The summed E-state index contributed by atoms with van der Waals surface area (Å²) < 4.78 is 7.33. The van der Waals surface area contributed by atoms with Crippen LogP contribution in [0.4, 0.5) is 0 Å². The average molecular weight is 350 g/mol. The number of fused-ring (bicyclic) bond motifs is 1. The predicted octanol–water partition coefficient (Wildman–Crippen LogP) is 3.85. The molecule has 0 aliphatic heterocycles. The molecule has 2 heterocycles. The summed E-state index contributed by atoms with van der Waals surface area (Å²) >= 11 is 0. The molecule has 0 atom stereocenters. The Morgan fingerprint density at radius 3 is 2.92 bits per heavy atom. The maximum atomic E-state index is 11.7. The number of aromatic carboxylic acids is 1. The lowest BCUT2D eigenvalue weighted by molar-refractivity contribution is 0.0695. The van der Waals surface area contributed by atoms with Gasteiger partial charge in [0.2, 0.25) is 0 Å². The van der Waals surface area contributed by atoms with E-state index in [1.54, 1.807) is 7.11 Å². The molecule has 4 rings (SSSR count). The van der Waals surface area contributed by atoms with Gasteiger partial charge in [0.05, 0.1) is 17.9 Å². The first-order valence-electron chi connectivity index (χ1n) is 8.95. The van der Waals surface area contributed by atoms with Gasteiger partial charge in [0.25, 0.3) is 0 Å². The van der Waals surface area contributed by atoms with Crippen LogP contribution in [0.1, 0.15) is 45.9 Å². The minimum Gasteiger partial charge on any atom is -0.478 e. The molecule has 1 fully saturated rings. The fourth-order valence-electron chi connectivity index (χ4n) is 3.48. The Morgan fingerprint density at radius 1 is 1.35 bits per heavy atom. The third-order valence-corrected chi connectivity index (χ3v) is 5.07. The Morgan fingerprint density at radius 2 is 2.19 bits per heavy atom. The van der Waals surface area contributed by atoms with Crippen molar-refractivity contribution in [3.8, 4) is 0 Å². The minimum atomic E-state index is -0.903. The number of nitrogens with zero attached hydrogens (tertiary/aromatic N) is 2. The molecule has 2 aromatic heterocycles. The van der Waals surface area contributed by atoms with Crippen LogP contribution in [0.2, 0.25) is 0 Å². The topological polar surface area (TPSA) is 64.4 Å². The highest BCUT2D eigenvalue weighted by atomic mass is 16.5. The summed E-state index contributed by atoms with van der Waals surface area (Å²) in [4.78, 5) is 16.2. The van der Waals surface area contributed by atoms with E-state index < -0.39 is 5.97 Å². The molecule has 0 unspecified atom stereocenters. The van der Waals surface area contributed by atoms with Gasteiger partial charge in [-0.25, -0.2) is 4.79 Å². The van der Waals surface area contributed by atoms with Crippen molar-refractivity contribution in [2.24, 2.45) is 0 Å². The molecule has 0 bridgehead atoms. The summed E-state index contributed by atoms with van der Waals surface area (Å²) in [5.41, 5.74) is 4.22. The molecule has 5 nitrogen and oxygen atoms in total. The number of hydrogen-bond donors (Lipinski definition) is 1. The standard InChI is InChI=1S/C21H22N2O3/c1-26-10-9-23-8-7-17-15(3-2-4-20(17)23)12-19-18(21(24)25)11-16(13-22-19)14-5-6-14/h2-4,7-8,11,13-14H,5-6,9-10,12H2,1H3,(H,24,25). The van der Waals surface area contributed by atoms with Crippen molar-refractivity contribution in [3.63, 3.8) is 0 Å². The molecule has 5 heteroatoms. The molecule has 0 spiro atoms. The summed E-state index contributed by atoms with van der Waals surface area (Å²) in [5, 5.41) is 10.8. The third kappa shape index (κ3) is 3.22. The molecule has 134 valence electrons. The third-order valence-electron chi connectivity index (χ3n) is 5.07. The number of carbonyl (C=O) groups is 1. The number of aromatic nitrogens is 2. The van der Waals surface area contributed by atoms with Crippen LogP contribution < -0.4 is 0 Å².